The molecule has 1 aromatic carbocycles. The van der Waals surface area contributed by atoms with Crippen LogP contribution in [0.15, 0.2) is 42.6 Å². The molecule has 0 atom stereocenters. The second-order valence-corrected chi connectivity index (χ2v) is 4.00. The third kappa shape index (κ3) is 2.60. The summed E-state index contributed by atoms with van der Waals surface area (Å²) >= 11 is 0. The van der Waals surface area contributed by atoms with E-state index < -0.39 is 0 Å². The molecule has 0 spiro atoms. The van der Waals surface area contributed by atoms with E-state index in [0.29, 0.717) is 0 Å². The molecule has 0 aliphatic heterocycles. The first kappa shape index (κ1) is 10.7. The van der Waals surface area contributed by atoms with Gasteiger partial charge in [-0.2, -0.15) is 0 Å². The Bertz CT molecular complexity index is 478. The molecule has 2 aromatic rings. The number of rotatable bonds is 3. The molecule has 0 saturated carbocycles. The van der Waals surface area contributed by atoms with Gasteiger partial charge in [-0.05, 0) is 42.7 Å². The summed E-state index contributed by atoms with van der Waals surface area (Å²) in [5, 5.41) is 3.33. The van der Waals surface area contributed by atoms with Gasteiger partial charge < -0.3 is 5.32 Å². The highest BCUT2D eigenvalue weighted by atomic mass is 15.0. The number of anilines is 1. The van der Waals surface area contributed by atoms with E-state index in [1.165, 1.54) is 16.7 Å². The van der Waals surface area contributed by atoms with Crippen LogP contribution in [0.5, 0.6) is 0 Å². The molecular formula is C14H16N2. The Kier molecular flexibility index (Phi) is 3.20. The SMILES string of the molecule is Cc1ccnc(NCc2ccccc2C)c1. The average molecular weight is 212 g/mol. The van der Waals surface area contributed by atoms with E-state index in [-0.39, 0.29) is 0 Å². The number of aryl methyl sites for hydroxylation is 2. The van der Waals surface area contributed by atoms with E-state index in [1.54, 1.807) is 0 Å². The Balaban J connectivity index is 2.05. The predicted octanol–water partition coefficient (Wildman–Crippen LogP) is 3.31. The molecular weight excluding hydrogens is 196 g/mol. The maximum absolute atomic E-state index is 4.27. The molecule has 0 unspecified atom stereocenters. The smallest absolute Gasteiger partial charge is 0.126 e. The van der Waals surface area contributed by atoms with Crippen LogP contribution in [0, 0.1) is 13.8 Å². The standard InChI is InChI=1S/C14H16N2/c1-11-7-8-15-14(9-11)16-10-13-6-4-3-5-12(13)2/h3-9H,10H2,1-2H3,(H,15,16). The molecule has 2 rings (SSSR count). The summed E-state index contributed by atoms with van der Waals surface area (Å²) in [6.07, 6.45) is 1.83. The largest absolute Gasteiger partial charge is 0.366 e. The van der Waals surface area contributed by atoms with E-state index in [4.69, 9.17) is 0 Å². The van der Waals surface area contributed by atoms with Crippen LogP contribution in [-0.2, 0) is 6.54 Å². The number of aromatic nitrogens is 1. The minimum atomic E-state index is 0.823. The lowest BCUT2D eigenvalue weighted by Gasteiger charge is -2.08. The van der Waals surface area contributed by atoms with Crippen molar-refractivity contribution in [3.05, 3.63) is 59.3 Å². The molecule has 0 radical (unpaired) electrons. The van der Waals surface area contributed by atoms with Crippen molar-refractivity contribution in [2.45, 2.75) is 20.4 Å². The van der Waals surface area contributed by atoms with E-state index in [2.05, 4.69) is 54.5 Å². The average Bonchev–Trinajstić information content (AvgIpc) is 2.28. The lowest BCUT2D eigenvalue weighted by atomic mass is 10.1. The zero-order chi connectivity index (χ0) is 11.4. The van der Waals surface area contributed by atoms with Crippen LogP contribution < -0.4 is 5.32 Å². The van der Waals surface area contributed by atoms with Gasteiger partial charge in [-0.1, -0.05) is 24.3 Å². The van der Waals surface area contributed by atoms with E-state index in [0.717, 1.165) is 12.4 Å². The molecule has 16 heavy (non-hydrogen) atoms. The van der Waals surface area contributed by atoms with Crippen LogP contribution in [0.1, 0.15) is 16.7 Å². The quantitative estimate of drug-likeness (QED) is 0.844. The van der Waals surface area contributed by atoms with Crippen molar-refractivity contribution in [2.75, 3.05) is 5.32 Å². The molecule has 1 heterocycles. The van der Waals surface area contributed by atoms with Gasteiger partial charge in [0.1, 0.15) is 5.82 Å². The van der Waals surface area contributed by atoms with E-state index in [1.807, 2.05) is 12.3 Å². The van der Waals surface area contributed by atoms with Gasteiger partial charge in [-0.25, -0.2) is 4.98 Å². The molecule has 2 nitrogen and oxygen atoms in total. The van der Waals surface area contributed by atoms with Crippen LogP contribution in [0.2, 0.25) is 0 Å². The van der Waals surface area contributed by atoms with E-state index in [9.17, 15) is 0 Å². The Morgan fingerprint density at radius 2 is 1.94 bits per heavy atom. The maximum atomic E-state index is 4.27. The first-order valence-electron chi connectivity index (χ1n) is 5.47. The number of hydrogen-bond acceptors (Lipinski definition) is 2. The lowest BCUT2D eigenvalue weighted by molar-refractivity contribution is 1.09. The number of nitrogens with one attached hydrogen (secondary N) is 1. The number of benzene rings is 1. The summed E-state index contributed by atoms with van der Waals surface area (Å²) in [5.41, 5.74) is 3.84. The van der Waals surface area contributed by atoms with Crippen LogP contribution in [0.3, 0.4) is 0 Å². The number of nitrogens with zero attached hydrogens (tertiary/aromatic N) is 1. The summed E-state index contributed by atoms with van der Waals surface area (Å²) in [6, 6.07) is 12.4. The highest BCUT2D eigenvalue weighted by Crippen LogP contribution is 2.10. The summed E-state index contributed by atoms with van der Waals surface area (Å²) < 4.78 is 0. The van der Waals surface area contributed by atoms with Gasteiger partial charge in [0.05, 0.1) is 0 Å². The monoisotopic (exact) mass is 212 g/mol. The third-order valence-corrected chi connectivity index (χ3v) is 2.64. The van der Waals surface area contributed by atoms with Crippen molar-refractivity contribution in [2.24, 2.45) is 0 Å². The molecule has 0 amide bonds. The topological polar surface area (TPSA) is 24.9 Å². The van der Waals surface area contributed by atoms with Gasteiger partial charge in [0.25, 0.3) is 0 Å². The van der Waals surface area contributed by atoms with Crippen molar-refractivity contribution in [1.29, 1.82) is 0 Å². The predicted molar refractivity (Wildman–Crippen MR) is 67.5 cm³/mol. The van der Waals surface area contributed by atoms with Crippen LogP contribution in [-0.4, -0.2) is 4.98 Å². The van der Waals surface area contributed by atoms with Gasteiger partial charge >= 0.3 is 0 Å². The van der Waals surface area contributed by atoms with Crippen molar-refractivity contribution in [1.82, 2.24) is 4.98 Å². The molecule has 2 heteroatoms. The molecule has 0 saturated heterocycles. The Hall–Kier alpha value is -1.83. The van der Waals surface area contributed by atoms with Gasteiger partial charge in [0.2, 0.25) is 0 Å². The lowest BCUT2D eigenvalue weighted by Crippen LogP contribution is -2.02. The zero-order valence-electron chi connectivity index (χ0n) is 9.70. The first-order chi connectivity index (χ1) is 7.75. The van der Waals surface area contributed by atoms with Crippen LogP contribution >= 0.6 is 0 Å². The van der Waals surface area contributed by atoms with Gasteiger partial charge in [0, 0.05) is 12.7 Å². The summed E-state index contributed by atoms with van der Waals surface area (Å²) in [5.74, 6) is 0.934. The minimum absolute atomic E-state index is 0.823. The number of hydrogen-bond donors (Lipinski definition) is 1. The molecule has 1 N–H and O–H groups in total. The summed E-state index contributed by atoms with van der Waals surface area (Å²) in [7, 11) is 0. The van der Waals surface area contributed by atoms with Crippen LogP contribution in [0.25, 0.3) is 0 Å². The molecule has 1 aromatic heterocycles. The van der Waals surface area contributed by atoms with Crippen molar-refractivity contribution in [3.63, 3.8) is 0 Å². The molecule has 0 bridgehead atoms. The molecule has 0 fully saturated rings. The Morgan fingerprint density at radius 1 is 1.12 bits per heavy atom. The Labute approximate surface area is 96.4 Å². The van der Waals surface area contributed by atoms with Crippen molar-refractivity contribution >= 4 is 5.82 Å². The minimum Gasteiger partial charge on any atom is -0.366 e. The van der Waals surface area contributed by atoms with Crippen molar-refractivity contribution < 1.29 is 0 Å². The molecule has 0 aliphatic carbocycles. The fourth-order valence-corrected chi connectivity index (χ4v) is 1.63. The summed E-state index contributed by atoms with van der Waals surface area (Å²) in [6.45, 7) is 5.02. The maximum Gasteiger partial charge on any atom is 0.126 e. The fourth-order valence-electron chi connectivity index (χ4n) is 1.63. The second kappa shape index (κ2) is 4.79. The summed E-state index contributed by atoms with van der Waals surface area (Å²) in [4.78, 5) is 4.27. The molecule has 0 aliphatic rings. The van der Waals surface area contributed by atoms with Gasteiger partial charge in [-0.3, -0.25) is 0 Å². The van der Waals surface area contributed by atoms with Crippen molar-refractivity contribution in [3.8, 4) is 0 Å². The van der Waals surface area contributed by atoms with Gasteiger partial charge in [-0.15, -0.1) is 0 Å². The highest BCUT2D eigenvalue weighted by molar-refractivity contribution is 5.39. The third-order valence-electron chi connectivity index (χ3n) is 2.64. The second-order valence-electron chi connectivity index (χ2n) is 4.00. The Morgan fingerprint density at radius 3 is 2.69 bits per heavy atom. The van der Waals surface area contributed by atoms with E-state index >= 15 is 0 Å². The zero-order valence-corrected chi connectivity index (χ0v) is 9.70. The van der Waals surface area contributed by atoms with Gasteiger partial charge in [0.15, 0.2) is 0 Å². The fraction of sp³-hybridized carbons (Fsp3) is 0.214. The normalized spacial score (nSPS) is 10.1. The number of pyridine rings is 1. The molecule has 82 valence electrons. The highest BCUT2D eigenvalue weighted by Gasteiger charge is 1.97. The first-order valence-corrected chi connectivity index (χ1v) is 5.47. The van der Waals surface area contributed by atoms with Crippen LogP contribution in [0.4, 0.5) is 5.82 Å².